The van der Waals surface area contributed by atoms with Crippen LogP contribution in [-0.2, 0) is 14.3 Å². The number of rotatable bonds is 5. The SMILES string of the molecule is CC(C)OC(C)(CN=C=O)N=C=O. The molecule has 0 radical (unpaired) electrons. The summed E-state index contributed by atoms with van der Waals surface area (Å²) >= 11 is 0. The highest BCUT2D eigenvalue weighted by atomic mass is 16.5. The first-order valence-corrected chi connectivity index (χ1v) is 3.84. The van der Waals surface area contributed by atoms with Crippen LogP contribution in [0.5, 0.6) is 0 Å². The Kier molecular flexibility index (Phi) is 4.85. The van der Waals surface area contributed by atoms with Crippen molar-refractivity contribution in [2.75, 3.05) is 6.54 Å². The fourth-order valence-corrected chi connectivity index (χ4v) is 0.882. The predicted molar refractivity (Wildman–Crippen MR) is 45.7 cm³/mol. The van der Waals surface area contributed by atoms with E-state index in [1.807, 2.05) is 0 Å². The van der Waals surface area contributed by atoms with E-state index < -0.39 is 5.72 Å². The Balaban J connectivity index is 4.50. The monoisotopic (exact) mass is 184 g/mol. The molecule has 1 atom stereocenters. The van der Waals surface area contributed by atoms with Crippen molar-refractivity contribution in [3.05, 3.63) is 0 Å². The zero-order valence-electron chi connectivity index (χ0n) is 7.90. The molecule has 0 fully saturated rings. The first-order chi connectivity index (χ1) is 6.04. The van der Waals surface area contributed by atoms with E-state index in [0.29, 0.717) is 0 Å². The number of nitrogens with zero attached hydrogens (tertiary/aromatic N) is 2. The third-order valence-corrected chi connectivity index (χ3v) is 1.21. The maximum absolute atomic E-state index is 10.1. The smallest absolute Gasteiger partial charge is 0.238 e. The van der Waals surface area contributed by atoms with Gasteiger partial charge in [0.15, 0.2) is 5.72 Å². The number of aliphatic imine (C=N–C) groups is 2. The molecule has 5 nitrogen and oxygen atoms in total. The summed E-state index contributed by atoms with van der Waals surface area (Å²) in [6, 6.07) is 0. The second-order valence-corrected chi connectivity index (χ2v) is 2.95. The highest BCUT2D eigenvalue weighted by Gasteiger charge is 2.25. The van der Waals surface area contributed by atoms with Gasteiger partial charge in [-0.2, -0.15) is 4.99 Å². The van der Waals surface area contributed by atoms with Gasteiger partial charge in [0.1, 0.15) is 6.54 Å². The molecular formula is C8H12N2O3. The van der Waals surface area contributed by atoms with Crippen LogP contribution in [0.2, 0.25) is 0 Å². The molecule has 72 valence electrons. The average Bonchev–Trinajstić information content (AvgIpc) is 2.00. The van der Waals surface area contributed by atoms with Crippen LogP contribution < -0.4 is 0 Å². The molecule has 0 N–H and O–H groups in total. The second kappa shape index (κ2) is 5.38. The lowest BCUT2D eigenvalue weighted by Crippen LogP contribution is -2.32. The van der Waals surface area contributed by atoms with Crippen LogP contribution in [0.4, 0.5) is 0 Å². The molecular weight excluding hydrogens is 172 g/mol. The van der Waals surface area contributed by atoms with Crippen molar-refractivity contribution in [2.24, 2.45) is 9.98 Å². The third-order valence-electron chi connectivity index (χ3n) is 1.21. The molecule has 0 amide bonds. The van der Waals surface area contributed by atoms with Crippen LogP contribution in [-0.4, -0.2) is 30.5 Å². The molecule has 0 aliphatic heterocycles. The average molecular weight is 184 g/mol. The topological polar surface area (TPSA) is 68.1 Å². The Hall–Kier alpha value is -1.28. The Morgan fingerprint density at radius 2 is 2.00 bits per heavy atom. The summed E-state index contributed by atoms with van der Waals surface area (Å²) in [5.41, 5.74) is -1.10. The van der Waals surface area contributed by atoms with Gasteiger partial charge in [-0.05, 0) is 20.8 Å². The predicted octanol–water partition coefficient (Wildman–Crippen LogP) is 0.799. The van der Waals surface area contributed by atoms with Crippen molar-refractivity contribution < 1.29 is 14.3 Å². The molecule has 0 bridgehead atoms. The van der Waals surface area contributed by atoms with E-state index in [1.165, 1.54) is 12.2 Å². The lowest BCUT2D eigenvalue weighted by Gasteiger charge is -2.23. The normalized spacial score (nSPS) is 14.2. The molecule has 5 heteroatoms. The standard InChI is InChI=1S/C8H12N2O3/c1-7(2)13-8(3,10-6-12)4-9-5-11/h7H,4H2,1-3H3. The lowest BCUT2D eigenvalue weighted by molar-refractivity contribution is -0.0549. The van der Waals surface area contributed by atoms with Gasteiger partial charge >= 0.3 is 0 Å². The van der Waals surface area contributed by atoms with Crippen molar-refractivity contribution in [3.8, 4) is 0 Å². The minimum Gasteiger partial charge on any atom is -0.349 e. The molecule has 0 saturated heterocycles. The molecule has 0 rings (SSSR count). The van der Waals surface area contributed by atoms with Crippen molar-refractivity contribution in [1.29, 1.82) is 0 Å². The van der Waals surface area contributed by atoms with Crippen LogP contribution in [0.15, 0.2) is 9.98 Å². The molecule has 0 saturated carbocycles. The van der Waals surface area contributed by atoms with Crippen LogP contribution in [0.3, 0.4) is 0 Å². The second-order valence-electron chi connectivity index (χ2n) is 2.95. The zero-order chi connectivity index (χ0) is 10.3. The largest absolute Gasteiger partial charge is 0.349 e. The molecule has 0 heterocycles. The maximum atomic E-state index is 10.1. The molecule has 0 aliphatic rings. The van der Waals surface area contributed by atoms with Crippen molar-refractivity contribution in [3.63, 3.8) is 0 Å². The molecule has 0 aromatic rings. The fraction of sp³-hybridized carbons (Fsp3) is 0.750. The number of hydrogen-bond acceptors (Lipinski definition) is 5. The van der Waals surface area contributed by atoms with Gasteiger partial charge in [0.05, 0.1) is 6.10 Å². The lowest BCUT2D eigenvalue weighted by atomic mass is 10.2. The Bertz CT molecular complexity index is 252. The highest BCUT2D eigenvalue weighted by molar-refractivity contribution is 5.35. The summed E-state index contributed by atoms with van der Waals surface area (Å²) < 4.78 is 5.28. The van der Waals surface area contributed by atoms with Crippen molar-refractivity contribution >= 4 is 12.2 Å². The van der Waals surface area contributed by atoms with E-state index in [4.69, 9.17) is 4.74 Å². The molecule has 0 aliphatic carbocycles. The van der Waals surface area contributed by atoms with Gasteiger partial charge < -0.3 is 4.74 Å². The number of isocyanates is 2. The maximum Gasteiger partial charge on any atom is 0.238 e. The summed E-state index contributed by atoms with van der Waals surface area (Å²) in [4.78, 5) is 26.7. The number of carbonyl (C=O) groups excluding carboxylic acids is 2. The van der Waals surface area contributed by atoms with Gasteiger partial charge in [-0.15, -0.1) is 0 Å². The summed E-state index contributed by atoms with van der Waals surface area (Å²) in [5.74, 6) is 0. The van der Waals surface area contributed by atoms with Gasteiger partial charge in [-0.25, -0.2) is 14.6 Å². The molecule has 0 aromatic heterocycles. The molecule has 1 unspecified atom stereocenters. The Morgan fingerprint density at radius 3 is 2.38 bits per heavy atom. The number of hydrogen-bond donors (Lipinski definition) is 0. The van der Waals surface area contributed by atoms with Gasteiger partial charge in [-0.3, -0.25) is 0 Å². The van der Waals surface area contributed by atoms with Crippen LogP contribution in [0.1, 0.15) is 20.8 Å². The van der Waals surface area contributed by atoms with Crippen LogP contribution >= 0.6 is 0 Å². The van der Waals surface area contributed by atoms with E-state index in [9.17, 15) is 9.59 Å². The first-order valence-electron chi connectivity index (χ1n) is 3.84. The van der Waals surface area contributed by atoms with Gasteiger partial charge in [0, 0.05) is 0 Å². The van der Waals surface area contributed by atoms with E-state index >= 15 is 0 Å². The van der Waals surface area contributed by atoms with E-state index in [1.54, 1.807) is 20.8 Å². The quantitative estimate of drug-likeness (QED) is 0.468. The summed E-state index contributed by atoms with van der Waals surface area (Å²) in [6.07, 6.45) is 2.64. The van der Waals surface area contributed by atoms with Gasteiger partial charge in [0.2, 0.25) is 12.2 Å². The molecule has 13 heavy (non-hydrogen) atoms. The van der Waals surface area contributed by atoms with E-state index in [-0.39, 0.29) is 12.6 Å². The zero-order valence-corrected chi connectivity index (χ0v) is 7.90. The number of ether oxygens (including phenoxy) is 1. The molecule has 0 spiro atoms. The highest BCUT2D eigenvalue weighted by Crippen LogP contribution is 2.14. The summed E-state index contributed by atoms with van der Waals surface area (Å²) in [7, 11) is 0. The van der Waals surface area contributed by atoms with Crippen LogP contribution in [0.25, 0.3) is 0 Å². The van der Waals surface area contributed by atoms with Crippen molar-refractivity contribution in [2.45, 2.75) is 32.6 Å². The van der Waals surface area contributed by atoms with E-state index in [0.717, 1.165) is 0 Å². The summed E-state index contributed by atoms with van der Waals surface area (Å²) in [6.45, 7) is 5.12. The first kappa shape index (κ1) is 11.7. The minimum absolute atomic E-state index is 0.0239. The summed E-state index contributed by atoms with van der Waals surface area (Å²) in [5, 5.41) is 0. The third kappa shape index (κ3) is 5.04. The van der Waals surface area contributed by atoms with Crippen LogP contribution in [0, 0.1) is 0 Å². The van der Waals surface area contributed by atoms with Crippen molar-refractivity contribution in [1.82, 2.24) is 0 Å². The van der Waals surface area contributed by atoms with Gasteiger partial charge in [0.25, 0.3) is 0 Å². The molecule has 0 aromatic carbocycles. The Labute approximate surface area is 76.5 Å². The van der Waals surface area contributed by atoms with Gasteiger partial charge in [-0.1, -0.05) is 0 Å². The Morgan fingerprint density at radius 1 is 1.38 bits per heavy atom. The van der Waals surface area contributed by atoms with E-state index in [2.05, 4.69) is 9.98 Å². The minimum atomic E-state index is -1.10. The fourth-order valence-electron chi connectivity index (χ4n) is 0.882.